The first-order valence-electron chi connectivity index (χ1n) is 6.58. The Morgan fingerprint density at radius 2 is 1.86 bits per heavy atom. The molecule has 0 spiro atoms. The maximum absolute atomic E-state index is 14.4. The zero-order valence-electron chi connectivity index (χ0n) is 11.7. The molecule has 0 heterocycles. The molecule has 1 N–H and O–H groups in total. The molecular formula is C16H15Br2ClFN. The highest BCUT2D eigenvalue weighted by atomic mass is 79.9. The molecule has 2 aromatic carbocycles. The van der Waals surface area contributed by atoms with Crippen LogP contribution in [0.4, 0.5) is 4.39 Å². The number of aryl methyl sites for hydroxylation is 1. The van der Waals surface area contributed by atoms with Gasteiger partial charge in [-0.25, -0.2) is 4.39 Å². The van der Waals surface area contributed by atoms with E-state index in [1.807, 2.05) is 32.0 Å². The van der Waals surface area contributed by atoms with Crippen molar-refractivity contribution in [1.29, 1.82) is 0 Å². The van der Waals surface area contributed by atoms with E-state index in [9.17, 15) is 4.39 Å². The zero-order valence-corrected chi connectivity index (χ0v) is 15.6. The normalized spacial score (nSPS) is 12.5. The van der Waals surface area contributed by atoms with Gasteiger partial charge in [-0.3, -0.25) is 0 Å². The number of hydrogen-bond donors (Lipinski definition) is 1. The molecule has 0 aromatic heterocycles. The highest BCUT2D eigenvalue weighted by molar-refractivity contribution is 9.10. The third-order valence-corrected chi connectivity index (χ3v) is 5.14. The molecule has 5 heteroatoms. The molecule has 0 aliphatic rings. The minimum atomic E-state index is -0.286. The number of rotatable bonds is 4. The quantitative estimate of drug-likeness (QED) is 0.580. The smallest absolute Gasteiger partial charge is 0.129 e. The number of hydrogen-bond acceptors (Lipinski definition) is 1. The van der Waals surface area contributed by atoms with Gasteiger partial charge in [0.15, 0.2) is 0 Å². The van der Waals surface area contributed by atoms with Crippen LogP contribution in [0.1, 0.15) is 29.7 Å². The van der Waals surface area contributed by atoms with Gasteiger partial charge in [0.2, 0.25) is 0 Å². The second-order valence-electron chi connectivity index (χ2n) is 4.80. The zero-order chi connectivity index (χ0) is 15.6. The summed E-state index contributed by atoms with van der Waals surface area (Å²) in [5, 5.41) is 3.83. The van der Waals surface area contributed by atoms with E-state index >= 15 is 0 Å². The summed E-state index contributed by atoms with van der Waals surface area (Å²) in [7, 11) is 0. The van der Waals surface area contributed by atoms with E-state index in [1.165, 1.54) is 6.07 Å². The fourth-order valence-corrected chi connectivity index (χ4v) is 3.20. The fraction of sp³-hybridized carbons (Fsp3) is 0.250. The van der Waals surface area contributed by atoms with E-state index in [0.717, 1.165) is 22.1 Å². The third-order valence-electron chi connectivity index (χ3n) is 3.22. The van der Waals surface area contributed by atoms with Gasteiger partial charge in [0.1, 0.15) is 5.82 Å². The predicted octanol–water partition coefficient (Wildman–Crippen LogP) is 6.01. The van der Waals surface area contributed by atoms with Crippen molar-refractivity contribution in [2.24, 2.45) is 0 Å². The van der Waals surface area contributed by atoms with Gasteiger partial charge < -0.3 is 5.32 Å². The third kappa shape index (κ3) is 3.86. The maximum Gasteiger partial charge on any atom is 0.129 e. The van der Waals surface area contributed by atoms with Gasteiger partial charge >= 0.3 is 0 Å². The molecule has 0 amide bonds. The first-order chi connectivity index (χ1) is 9.93. The van der Waals surface area contributed by atoms with Crippen molar-refractivity contribution in [2.75, 3.05) is 6.54 Å². The topological polar surface area (TPSA) is 12.0 Å². The summed E-state index contributed by atoms with van der Waals surface area (Å²) in [6, 6.07) is 8.87. The largest absolute Gasteiger partial charge is 0.306 e. The summed E-state index contributed by atoms with van der Waals surface area (Å²) in [6.07, 6.45) is 0. The summed E-state index contributed by atoms with van der Waals surface area (Å²) < 4.78 is 15.9. The van der Waals surface area contributed by atoms with Crippen LogP contribution >= 0.6 is 43.5 Å². The van der Waals surface area contributed by atoms with Crippen LogP contribution in [-0.2, 0) is 0 Å². The first-order valence-corrected chi connectivity index (χ1v) is 8.54. The van der Waals surface area contributed by atoms with Crippen LogP contribution in [-0.4, -0.2) is 6.54 Å². The second kappa shape index (κ2) is 7.23. The van der Waals surface area contributed by atoms with E-state index in [4.69, 9.17) is 11.6 Å². The van der Waals surface area contributed by atoms with Gasteiger partial charge in [0.05, 0.1) is 11.1 Å². The molecule has 2 rings (SSSR count). The summed E-state index contributed by atoms with van der Waals surface area (Å²) in [6.45, 7) is 4.73. The molecule has 21 heavy (non-hydrogen) atoms. The van der Waals surface area contributed by atoms with E-state index in [0.29, 0.717) is 15.1 Å². The molecule has 1 atom stereocenters. The molecule has 1 nitrogen and oxygen atoms in total. The van der Waals surface area contributed by atoms with Crippen molar-refractivity contribution in [3.05, 3.63) is 66.8 Å². The highest BCUT2D eigenvalue weighted by Crippen LogP contribution is 2.34. The maximum atomic E-state index is 14.4. The van der Waals surface area contributed by atoms with Crippen LogP contribution in [0.15, 0.2) is 39.3 Å². The van der Waals surface area contributed by atoms with Crippen LogP contribution in [0.2, 0.25) is 5.02 Å². The Morgan fingerprint density at radius 1 is 1.14 bits per heavy atom. The number of benzene rings is 2. The van der Waals surface area contributed by atoms with E-state index < -0.39 is 0 Å². The second-order valence-corrected chi connectivity index (χ2v) is 6.92. The SMILES string of the molecule is CCNC(c1cc(Cl)c(Br)cc1F)c1cc(C)ccc1Br. The van der Waals surface area contributed by atoms with E-state index in [2.05, 4.69) is 37.2 Å². The molecule has 112 valence electrons. The molecule has 0 bridgehead atoms. The van der Waals surface area contributed by atoms with Crippen molar-refractivity contribution < 1.29 is 4.39 Å². The Balaban J connectivity index is 2.58. The fourth-order valence-electron chi connectivity index (χ4n) is 2.24. The van der Waals surface area contributed by atoms with Crippen molar-refractivity contribution in [2.45, 2.75) is 19.9 Å². The molecule has 2 aromatic rings. The van der Waals surface area contributed by atoms with Crippen molar-refractivity contribution in [3.8, 4) is 0 Å². The molecular weight excluding hydrogens is 420 g/mol. The molecule has 0 saturated carbocycles. The summed E-state index contributed by atoms with van der Waals surface area (Å²) in [5.41, 5.74) is 2.66. The minimum absolute atomic E-state index is 0.255. The number of nitrogens with one attached hydrogen (secondary N) is 1. The molecule has 0 saturated heterocycles. The average Bonchev–Trinajstić information content (AvgIpc) is 2.43. The van der Waals surface area contributed by atoms with Crippen LogP contribution in [0.25, 0.3) is 0 Å². The number of halogens is 4. The monoisotopic (exact) mass is 433 g/mol. The van der Waals surface area contributed by atoms with Gasteiger partial charge in [-0.1, -0.05) is 52.2 Å². The van der Waals surface area contributed by atoms with Crippen LogP contribution in [0.3, 0.4) is 0 Å². The Morgan fingerprint density at radius 3 is 2.52 bits per heavy atom. The van der Waals surface area contributed by atoms with Gasteiger partial charge in [-0.15, -0.1) is 0 Å². The van der Waals surface area contributed by atoms with Gasteiger partial charge in [-0.2, -0.15) is 0 Å². The Kier molecular flexibility index (Phi) is 5.83. The Bertz CT molecular complexity index is 661. The average molecular weight is 436 g/mol. The lowest BCUT2D eigenvalue weighted by atomic mass is 9.97. The standard InChI is InChI=1S/C16H15Br2ClFN/c1-3-21-16(10-6-9(2)4-5-12(10)17)11-7-14(19)13(18)8-15(11)20/h4-8,16,21H,3H2,1-2H3. The van der Waals surface area contributed by atoms with Crippen molar-refractivity contribution >= 4 is 43.5 Å². The predicted molar refractivity (Wildman–Crippen MR) is 93.5 cm³/mol. The first kappa shape index (κ1) is 16.9. The lowest BCUT2D eigenvalue weighted by molar-refractivity contribution is 0.557. The van der Waals surface area contributed by atoms with Crippen molar-refractivity contribution in [1.82, 2.24) is 5.32 Å². The molecule has 0 radical (unpaired) electrons. The van der Waals surface area contributed by atoms with Gasteiger partial charge in [0, 0.05) is 14.5 Å². The Hall–Kier alpha value is -0.420. The summed E-state index contributed by atoms with van der Waals surface area (Å²) in [4.78, 5) is 0. The summed E-state index contributed by atoms with van der Waals surface area (Å²) in [5.74, 6) is -0.286. The molecule has 0 fully saturated rings. The van der Waals surface area contributed by atoms with E-state index in [1.54, 1.807) is 6.07 Å². The molecule has 0 aliphatic carbocycles. The van der Waals surface area contributed by atoms with Crippen LogP contribution < -0.4 is 5.32 Å². The van der Waals surface area contributed by atoms with Gasteiger partial charge in [-0.05, 0) is 53.2 Å². The molecule has 0 aliphatic heterocycles. The van der Waals surface area contributed by atoms with Crippen LogP contribution in [0.5, 0.6) is 0 Å². The minimum Gasteiger partial charge on any atom is -0.306 e. The molecule has 1 unspecified atom stereocenters. The van der Waals surface area contributed by atoms with Crippen molar-refractivity contribution in [3.63, 3.8) is 0 Å². The summed E-state index contributed by atoms with van der Waals surface area (Å²) >= 11 is 12.9. The van der Waals surface area contributed by atoms with Gasteiger partial charge in [0.25, 0.3) is 0 Å². The van der Waals surface area contributed by atoms with Crippen LogP contribution in [0, 0.1) is 12.7 Å². The highest BCUT2D eigenvalue weighted by Gasteiger charge is 2.21. The Labute approximate surface area is 146 Å². The lowest BCUT2D eigenvalue weighted by Crippen LogP contribution is -2.23. The van der Waals surface area contributed by atoms with E-state index in [-0.39, 0.29) is 11.9 Å². The lowest BCUT2D eigenvalue weighted by Gasteiger charge is -2.22.